The number of carbonyl (C=O) groups excluding carboxylic acids is 1. The van der Waals surface area contributed by atoms with Crippen molar-refractivity contribution in [2.45, 2.75) is 0 Å². The number of ketones is 1. The van der Waals surface area contributed by atoms with E-state index in [1.54, 1.807) is 42.5 Å². The molecule has 0 radical (unpaired) electrons. The molecule has 0 spiro atoms. The van der Waals surface area contributed by atoms with E-state index in [1.807, 2.05) is 0 Å². The molecule has 1 aromatic heterocycles. The largest absolute Gasteiger partial charge is 0.496 e. The summed E-state index contributed by atoms with van der Waals surface area (Å²) in [6, 6.07) is 13.3. The zero-order valence-electron chi connectivity index (χ0n) is 12.7. The molecule has 0 saturated heterocycles. The summed E-state index contributed by atoms with van der Waals surface area (Å²) in [7, 11) is 3.00. The summed E-state index contributed by atoms with van der Waals surface area (Å²) in [4.78, 5) is 24.7. The molecule has 3 rings (SSSR count). The fourth-order valence-corrected chi connectivity index (χ4v) is 2.35. The maximum Gasteiger partial charge on any atom is 0.347 e. The van der Waals surface area contributed by atoms with Crippen molar-refractivity contribution in [2.24, 2.45) is 0 Å². The Labute approximate surface area is 132 Å². The topological polar surface area (TPSA) is 65.7 Å². The van der Waals surface area contributed by atoms with Gasteiger partial charge in [0.2, 0.25) is 0 Å². The van der Waals surface area contributed by atoms with E-state index in [-0.39, 0.29) is 11.3 Å². The van der Waals surface area contributed by atoms with Crippen molar-refractivity contribution in [1.29, 1.82) is 0 Å². The Bertz CT molecular complexity index is 925. The van der Waals surface area contributed by atoms with Crippen LogP contribution < -0.4 is 15.1 Å². The van der Waals surface area contributed by atoms with Gasteiger partial charge in [-0.2, -0.15) is 0 Å². The van der Waals surface area contributed by atoms with E-state index in [0.717, 1.165) is 0 Å². The van der Waals surface area contributed by atoms with Crippen LogP contribution >= 0.6 is 0 Å². The third-order valence-corrected chi connectivity index (χ3v) is 3.53. The van der Waals surface area contributed by atoms with E-state index >= 15 is 0 Å². The number of methoxy groups -OCH3 is 2. The Morgan fingerprint density at radius 2 is 1.74 bits per heavy atom. The molecule has 0 saturated carbocycles. The SMILES string of the molecule is COc1cc(OC)c2cc(C(=O)c3ccccc3)c(=O)oc2c1. The normalized spacial score (nSPS) is 10.5. The molecule has 0 bridgehead atoms. The molecule has 0 fully saturated rings. The van der Waals surface area contributed by atoms with Gasteiger partial charge in [-0.15, -0.1) is 0 Å². The minimum atomic E-state index is -0.693. The van der Waals surface area contributed by atoms with Crippen LogP contribution in [-0.2, 0) is 0 Å². The van der Waals surface area contributed by atoms with Crippen LogP contribution in [0.1, 0.15) is 15.9 Å². The molecule has 0 aliphatic carbocycles. The van der Waals surface area contributed by atoms with Crippen LogP contribution in [0.5, 0.6) is 11.5 Å². The Balaban J connectivity index is 2.22. The number of carbonyl (C=O) groups is 1. The monoisotopic (exact) mass is 310 g/mol. The second-order valence-corrected chi connectivity index (χ2v) is 4.88. The van der Waals surface area contributed by atoms with Gasteiger partial charge in [-0.1, -0.05) is 30.3 Å². The third kappa shape index (κ3) is 2.68. The van der Waals surface area contributed by atoms with E-state index in [0.29, 0.717) is 28.0 Å². The zero-order chi connectivity index (χ0) is 16.4. The molecule has 0 unspecified atom stereocenters. The van der Waals surface area contributed by atoms with Gasteiger partial charge in [0, 0.05) is 17.7 Å². The molecule has 0 amide bonds. The lowest BCUT2D eigenvalue weighted by molar-refractivity contribution is 0.103. The van der Waals surface area contributed by atoms with Gasteiger partial charge >= 0.3 is 5.63 Å². The maximum atomic E-state index is 12.5. The average Bonchev–Trinajstić information content (AvgIpc) is 2.60. The second-order valence-electron chi connectivity index (χ2n) is 4.88. The number of benzene rings is 2. The molecule has 0 aliphatic heterocycles. The molecule has 116 valence electrons. The van der Waals surface area contributed by atoms with Crippen molar-refractivity contribution in [1.82, 2.24) is 0 Å². The van der Waals surface area contributed by atoms with Crippen LogP contribution in [0.25, 0.3) is 11.0 Å². The lowest BCUT2D eigenvalue weighted by Crippen LogP contribution is -2.14. The van der Waals surface area contributed by atoms with E-state index in [9.17, 15) is 9.59 Å². The average molecular weight is 310 g/mol. The fourth-order valence-electron chi connectivity index (χ4n) is 2.35. The summed E-state index contributed by atoms with van der Waals surface area (Å²) in [6.45, 7) is 0. The quantitative estimate of drug-likeness (QED) is 0.547. The highest BCUT2D eigenvalue weighted by atomic mass is 16.5. The molecule has 5 nitrogen and oxygen atoms in total. The molecule has 23 heavy (non-hydrogen) atoms. The van der Waals surface area contributed by atoms with E-state index in [2.05, 4.69) is 0 Å². The predicted octanol–water partition coefficient (Wildman–Crippen LogP) is 3.04. The van der Waals surface area contributed by atoms with Gasteiger partial charge in [0.25, 0.3) is 0 Å². The van der Waals surface area contributed by atoms with Gasteiger partial charge in [0.1, 0.15) is 22.6 Å². The van der Waals surface area contributed by atoms with Crippen molar-refractivity contribution in [3.05, 3.63) is 70.1 Å². The molecule has 3 aromatic rings. The van der Waals surface area contributed by atoms with Crippen molar-refractivity contribution in [3.63, 3.8) is 0 Å². The molecule has 5 heteroatoms. The van der Waals surface area contributed by atoms with Gasteiger partial charge < -0.3 is 13.9 Å². The Kier molecular flexibility index (Phi) is 3.85. The van der Waals surface area contributed by atoms with Crippen LogP contribution in [0.3, 0.4) is 0 Å². The van der Waals surface area contributed by atoms with Crippen LogP contribution in [0.2, 0.25) is 0 Å². The van der Waals surface area contributed by atoms with Crippen molar-refractivity contribution in [2.75, 3.05) is 14.2 Å². The Morgan fingerprint density at radius 3 is 2.39 bits per heavy atom. The van der Waals surface area contributed by atoms with E-state index in [1.165, 1.54) is 20.3 Å². The highest BCUT2D eigenvalue weighted by Gasteiger charge is 2.18. The molecule has 0 N–H and O–H groups in total. The molecular weight excluding hydrogens is 296 g/mol. The van der Waals surface area contributed by atoms with Gasteiger partial charge in [-0.25, -0.2) is 4.79 Å². The number of ether oxygens (including phenoxy) is 2. The Hall–Kier alpha value is -3.08. The predicted molar refractivity (Wildman–Crippen MR) is 85.5 cm³/mol. The molecule has 2 aromatic carbocycles. The highest BCUT2D eigenvalue weighted by molar-refractivity contribution is 6.10. The van der Waals surface area contributed by atoms with Gasteiger partial charge in [0.05, 0.1) is 19.6 Å². The summed E-state index contributed by atoms with van der Waals surface area (Å²) in [5.41, 5.74) is -0.00346. The number of rotatable bonds is 4. The van der Waals surface area contributed by atoms with Crippen LogP contribution in [0, 0.1) is 0 Å². The second kappa shape index (κ2) is 5.96. The zero-order valence-corrected chi connectivity index (χ0v) is 12.7. The van der Waals surface area contributed by atoms with Crippen LogP contribution in [-0.4, -0.2) is 20.0 Å². The third-order valence-electron chi connectivity index (χ3n) is 3.53. The summed E-state index contributed by atoms with van der Waals surface area (Å²) >= 11 is 0. The van der Waals surface area contributed by atoms with Crippen LogP contribution in [0.4, 0.5) is 0 Å². The summed E-state index contributed by atoms with van der Waals surface area (Å²) in [5.74, 6) is 0.573. The molecular formula is C18H14O5. The lowest BCUT2D eigenvalue weighted by Gasteiger charge is -2.08. The summed E-state index contributed by atoms with van der Waals surface area (Å²) < 4.78 is 15.7. The number of hydrogen-bond donors (Lipinski definition) is 0. The highest BCUT2D eigenvalue weighted by Crippen LogP contribution is 2.31. The van der Waals surface area contributed by atoms with Crippen molar-refractivity contribution in [3.8, 4) is 11.5 Å². The fraction of sp³-hybridized carbons (Fsp3) is 0.111. The first-order valence-electron chi connectivity index (χ1n) is 6.93. The molecule has 0 atom stereocenters. The molecule has 1 heterocycles. The van der Waals surface area contributed by atoms with Gasteiger partial charge in [-0.05, 0) is 6.07 Å². The standard InChI is InChI=1S/C18H14O5/c1-21-12-8-15(22-2)13-10-14(18(20)23-16(13)9-12)17(19)11-6-4-3-5-7-11/h3-10H,1-2H3. The minimum absolute atomic E-state index is 0.0350. The minimum Gasteiger partial charge on any atom is -0.496 e. The smallest absolute Gasteiger partial charge is 0.347 e. The number of hydrogen-bond acceptors (Lipinski definition) is 5. The van der Waals surface area contributed by atoms with Gasteiger partial charge in [0.15, 0.2) is 5.78 Å². The first kappa shape index (κ1) is 14.8. The summed E-state index contributed by atoms with van der Waals surface area (Å²) in [6.07, 6.45) is 0. The van der Waals surface area contributed by atoms with E-state index in [4.69, 9.17) is 13.9 Å². The van der Waals surface area contributed by atoms with Crippen LogP contribution in [0.15, 0.2) is 57.7 Å². The summed E-state index contributed by atoms with van der Waals surface area (Å²) in [5, 5.41) is 0.534. The molecule has 0 aliphatic rings. The first-order chi connectivity index (χ1) is 11.1. The van der Waals surface area contributed by atoms with E-state index < -0.39 is 5.63 Å². The maximum absolute atomic E-state index is 12.5. The van der Waals surface area contributed by atoms with Crippen molar-refractivity contribution < 1.29 is 18.7 Å². The first-order valence-corrected chi connectivity index (χ1v) is 6.93. The van der Waals surface area contributed by atoms with Crippen molar-refractivity contribution >= 4 is 16.8 Å². The van der Waals surface area contributed by atoms with Gasteiger partial charge in [-0.3, -0.25) is 4.79 Å². The Morgan fingerprint density at radius 1 is 1.00 bits per heavy atom. The number of fused-ring (bicyclic) bond motifs is 1. The lowest BCUT2D eigenvalue weighted by atomic mass is 10.0.